The molecule has 0 atom stereocenters. The maximum atomic E-state index is 10.7. The summed E-state index contributed by atoms with van der Waals surface area (Å²) in [5.74, 6) is -0.809. The molecule has 0 unspecified atom stereocenters. The van der Waals surface area contributed by atoms with Gasteiger partial charge in [0.25, 0.3) is 0 Å². The predicted molar refractivity (Wildman–Crippen MR) is 49.1 cm³/mol. The van der Waals surface area contributed by atoms with Gasteiger partial charge in [0.05, 0.1) is 12.8 Å². The first-order valence-corrected chi connectivity index (χ1v) is 3.74. The number of nitrogen functional groups attached to an aromatic ring is 1. The first kappa shape index (κ1) is 9.38. The lowest BCUT2D eigenvalue weighted by Gasteiger charge is -2.09. The summed E-state index contributed by atoms with van der Waals surface area (Å²) in [5.41, 5.74) is 6.92. The van der Waals surface area contributed by atoms with Crippen molar-refractivity contribution in [2.24, 2.45) is 0 Å². The molecule has 0 aliphatic heterocycles. The Labute approximate surface area is 75.9 Å². The fourth-order valence-corrected chi connectivity index (χ4v) is 1.09. The lowest BCUT2D eigenvalue weighted by atomic mass is 10.1. The van der Waals surface area contributed by atoms with Gasteiger partial charge in [0.2, 0.25) is 0 Å². The Bertz CT molecular complexity index is 347. The molecule has 3 N–H and O–H groups in total. The second-order valence-electron chi connectivity index (χ2n) is 2.68. The molecule has 0 saturated heterocycles. The first-order chi connectivity index (χ1) is 6.07. The number of methoxy groups -OCH3 is 1. The van der Waals surface area contributed by atoms with Crippen molar-refractivity contribution in [3.05, 3.63) is 23.3 Å². The molecule has 0 aromatic heterocycles. The van der Waals surface area contributed by atoms with E-state index in [1.807, 2.05) is 0 Å². The molecule has 0 spiro atoms. The predicted octanol–water partition coefficient (Wildman–Crippen LogP) is 1.28. The minimum Gasteiger partial charge on any atom is -0.494 e. The maximum absolute atomic E-state index is 10.7. The molecule has 0 heterocycles. The van der Waals surface area contributed by atoms with Gasteiger partial charge in [-0.3, -0.25) is 0 Å². The molecule has 0 fully saturated rings. The van der Waals surface area contributed by atoms with E-state index in [2.05, 4.69) is 0 Å². The molecule has 4 nitrogen and oxygen atoms in total. The van der Waals surface area contributed by atoms with Gasteiger partial charge in [-0.15, -0.1) is 0 Å². The maximum Gasteiger partial charge on any atom is 0.339 e. The van der Waals surface area contributed by atoms with Gasteiger partial charge in [0.15, 0.2) is 5.75 Å². The quantitative estimate of drug-likeness (QED) is 0.674. The summed E-state index contributed by atoms with van der Waals surface area (Å²) in [7, 11) is 1.40. The Kier molecular flexibility index (Phi) is 2.41. The summed E-state index contributed by atoms with van der Waals surface area (Å²) >= 11 is 0. The highest BCUT2D eigenvalue weighted by molar-refractivity contribution is 5.93. The molecule has 0 aliphatic rings. The fraction of sp³-hybridized carbons (Fsp3) is 0.222. The highest BCUT2D eigenvalue weighted by Gasteiger charge is 2.14. The van der Waals surface area contributed by atoms with Gasteiger partial charge in [-0.1, -0.05) is 6.07 Å². The summed E-state index contributed by atoms with van der Waals surface area (Å²) < 4.78 is 4.91. The second-order valence-corrected chi connectivity index (χ2v) is 2.68. The molecule has 13 heavy (non-hydrogen) atoms. The zero-order chi connectivity index (χ0) is 10.0. The van der Waals surface area contributed by atoms with Crippen molar-refractivity contribution < 1.29 is 14.6 Å². The Morgan fingerprint density at radius 2 is 2.15 bits per heavy atom. The number of nitrogens with two attached hydrogens (primary N) is 1. The molecule has 0 aliphatic carbocycles. The van der Waals surface area contributed by atoms with E-state index in [-0.39, 0.29) is 11.3 Å². The van der Waals surface area contributed by atoms with Crippen LogP contribution in [0.15, 0.2) is 12.1 Å². The molecule has 0 saturated carbocycles. The van der Waals surface area contributed by atoms with Crippen LogP contribution in [0.1, 0.15) is 15.9 Å². The number of ether oxygens (including phenoxy) is 1. The highest BCUT2D eigenvalue weighted by Crippen LogP contribution is 2.29. The number of carbonyl (C=O) groups is 1. The Morgan fingerprint density at radius 3 is 2.62 bits per heavy atom. The number of carboxylic acids is 1. The number of aromatic carboxylic acids is 1. The SMILES string of the molecule is COc1c(C(=O)O)ccc(C)c1N. The van der Waals surface area contributed by atoms with E-state index in [9.17, 15) is 4.79 Å². The number of anilines is 1. The van der Waals surface area contributed by atoms with Gasteiger partial charge in [-0.2, -0.15) is 0 Å². The zero-order valence-corrected chi connectivity index (χ0v) is 7.50. The molecule has 70 valence electrons. The van der Waals surface area contributed by atoms with Crippen molar-refractivity contribution in [3.63, 3.8) is 0 Å². The third-order valence-electron chi connectivity index (χ3n) is 1.85. The monoisotopic (exact) mass is 181 g/mol. The van der Waals surface area contributed by atoms with Crippen LogP contribution in [0.2, 0.25) is 0 Å². The third-order valence-corrected chi connectivity index (χ3v) is 1.85. The Hall–Kier alpha value is -1.71. The molecular weight excluding hydrogens is 170 g/mol. The average Bonchev–Trinajstić information content (AvgIpc) is 2.09. The van der Waals surface area contributed by atoms with E-state index in [0.717, 1.165) is 5.56 Å². The number of benzene rings is 1. The Balaban J connectivity index is 3.38. The number of hydrogen-bond acceptors (Lipinski definition) is 3. The van der Waals surface area contributed by atoms with Crippen molar-refractivity contribution >= 4 is 11.7 Å². The minimum atomic E-state index is -1.04. The van der Waals surface area contributed by atoms with Gasteiger partial charge in [-0.25, -0.2) is 4.79 Å². The average molecular weight is 181 g/mol. The van der Waals surface area contributed by atoms with E-state index >= 15 is 0 Å². The normalized spacial score (nSPS) is 9.69. The molecule has 0 radical (unpaired) electrons. The topological polar surface area (TPSA) is 72.5 Å². The van der Waals surface area contributed by atoms with Crippen LogP contribution in [-0.2, 0) is 0 Å². The standard InChI is InChI=1S/C9H11NO3/c1-5-3-4-6(9(11)12)8(13-2)7(5)10/h3-4H,10H2,1-2H3,(H,11,12). The first-order valence-electron chi connectivity index (χ1n) is 3.74. The molecule has 1 aromatic rings. The largest absolute Gasteiger partial charge is 0.494 e. The van der Waals surface area contributed by atoms with Crippen LogP contribution in [0.5, 0.6) is 5.75 Å². The van der Waals surface area contributed by atoms with Crippen molar-refractivity contribution in [2.45, 2.75) is 6.92 Å². The van der Waals surface area contributed by atoms with Crippen molar-refractivity contribution in [1.29, 1.82) is 0 Å². The number of aryl methyl sites for hydroxylation is 1. The molecular formula is C9H11NO3. The van der Waals surface area contributed by atoms with Crippen LogP contribution in [0.25, 0.3) is 0 Å². The second kappa shape index (κ2) is 3.35. The van der Waals surface area contributed by atoms with Crippen LogP contribution < -0.4 is 10.5 Å². The summed E-state index contributed by atoms with van der Waals surface area (Å²) in [6.07, 6.45) is 0. The van der Waals surface area contributed by atoms with Crippen molar-refractivity contribution in [1.82, 2.24) is 0 Å². The van der Waals surface area contributed by atoms with E-state index in [0.29, 0.717) is 5.69 Å². The van der Waals surface area contributed by atoms with Gasteiger partial charge in [-0.05, 0) is 18.6 Å². The molecule has 4 heteroatoms. The lowest BCUT2D eigenvalue weighted by molar-refractivity contribution is 0.0693. The van der Waals surface area contributed by atoms with Crippen molar-refractivity contribution in [2.75, 3.05) is 12.8 Å². The van der Waals surface area contributed by atoms with Crippen LogP contribution in [0, 0.1) is 6.92 Å². The molecule has 0 bridgehead atoms. The third kappa shape index (κ3) is 1.56. The van der Waals surface area contributed by atoms with E-state index < -0.39 is 5.97 Å². The highest BCUT2D eigenvalue weighted by atomic mass is 16.5. The number of rotatable bonds is 2. The van der Waals surface area contributed by atoms with Gasteiger partial charge >= 0.3 is 5.97 Å². The summed E-state index contributed by atoms with van der Waals surface area (Å²) in [4.78, 5) is 10.7. The van der Waals surface area contributed by atoms with Gasteiger partial charge in [0, 0.05) is 0 Å². The summed E-state index contributed by atoms with van der Waals surface area (Å²) in [5, 5.41) is 8.78. The van der Waals surface area contributed by atoms with Crippen LogP contribution in [-0.4, -0.2) is 18.2 Å². The molecule has 0 amide bonds. The zero-order valence-electron chi connectivity index (χ0n) is 7.50. The van der Waals surface area contributed by atoms with Crippen LogP contribution in [0.4, 0.5) is 5.69 Å². The van der Waals surface area contributed by atoms with E-state index in [1.165, 1.54) is 13.2 Å². The van der Waals surface area contributed by atoms with E-state index in [4.69, 9.17) is 15.6 Å². The fourth-order valence-electron chi connectivity index (χ4n) is 1.09. The van der Waals surface area contributed by atoms with Crippen LogP contribution in [0.3, 0.4) is 0 Å². The van der Waals surface area contributed by atoms with Crippen molar-refractivity contribution in [3.8, 4) is 5.75 Å². The molecule has 1 rings (SSSR count). The minimum absolute atomic E-state index is 0.0885. The van der Waals surface area contributed by atoms with Crippen LogP contribution >= 0.6 is 0 Å². The van der Waals surface area contributed by atoms with E-state index in [1.54, 1.807) is 13.0 Å². The molecule has 1 aromatic carbocycles. The number of hydrogen-bond donors (Lipinski definition) is 2. The van der Waals surface area contributed by atoms with Gasteiger partial charge < -0.3 is 15.6 Å². The summed E-state index contributed by atoms with van der Waals surface area (Å²) in [6.45, 7) is 1.80. The Morgan fingerprint density at radius 1 is 1.54 bits per heavy atom. The lowest BCUT2D eigenvalue weighted by Crippen LogP contribution is -2.04. The smallest absolute Gasteiger partial charge is 0.339 e. The van der Waals surface area contributed by atoms with Gasteiger partial charge in [0.1, 0.15) is 5.56 Å². The number of carboxylic acid groups (broad SMARTS) is 1. The summed E-state index contributed by atoms with van der Waals surface area (Å²) in [6, 6.07) is 3.13.